The minimum absolute atomic E-state index is 0.271. The fourth-order valence-electron chi connectivity index (χ4n) is 2.22. The summed E-state index contributed by atoms with van der Waals surface area (Å²) in [6.45, 7) is 12.6. The predicted molar refractivity (Wildman–Crippen MR) is 89.8 cm³/mol. The van der Waals surface area contributed by atoms with Gasteiger partial charge < -0.3 is 5.32 Å². The van der Waals surface area contributed by atoms with Crippen molar-refractivity contribution in [1.82, 2.24) is 5.32 Å². The normalized spacial score (nSPS) is 16.6. The minimum atomic E-state index is -0.271. The number of rotatable bonds is 6. The molecule has 0 atom stereocenters. The van der Waals surface area contributed by atoms with Crippen molar-refractivity contribution in [3.63, 3.8) is 0 Å². The number of amidine groups is 1. The highest BCUT2D eigenvalue weighted by Gasteiger charge is 2.37. The van der Waals surface area contributed by atoms with Crippen molar-refractivity contribution in [2.24, 2.45) is 4.99 Å². The van der Waals surface area contributed by atoms with Crippen molar-refractivity contribution in [3.8, 4) is 0 Å². The SMILES string of the molecule is C=CCC1(CC=C)N=C(NCc2ccccc2)SC1=C. The zero-order valence-electron chi connectivity index (χ0n) is 11.6. The van der Waals surface area contributed by atoms with Gasteiger partial charge in [0.1, 0.15) is 5.54 Å². The largest absolute Gasteiger partial charge is 0.361 e. The van der Waals surface area contributed by atoms with E-state index in [9.17, 15) is 0 Å². The van der Waals surface area contributed by atoms with Gasteiger partial charge in [0.15, 0.2) is 5.17 Å². The molecule has 0 unspecified atom stereocenters. The van der Waals surface area contributed by atoms with E-state index >= 15 is 0 Å². The van der Waals surface area contributed by atoms with Crippen molar-refractivity contribution in [1.29, 1.82) is 0 Å². The summed E-state index contributed by atoms with van der Waals surface area (Å²) in [6, 6.07) is 10.3. The molecular formula is C17H20N2S. The number of benzene rings is 1. The van der Waals surface area contributed by atoms with Crippen LogP contribution < -0.4 is 5.32 Å². The third-order valence-electron chi connectivity index (χ3n) is 3.31. The topological polar surface area (TPSA) is 24.4 Å². The Labute approximate surface area is 125 Å². The zero-order chi connectivity index (χ0) is 14.4. The summed E-state index contributed by atoms with van der Waals surface area (Å²) in [7, 11) is 0. The molecule has 2 nitrogen and oxygen atoms in total. The molecule has 1 aliphatic heterocycles. The Hall–Kier alpha value is -1.74. The van der Waals surface area contributed by atoms with Gasteiger partial charge >= 0.3 is 0 Å². The van der Waals surface area contributed by atoms with Crippen molar-refractivity contribution < 1.29 is 0 Å². The molecule has 0 bridgehead atoms. The lowest BCUT2D eigenvalue weighted by Gasteiger charge is -2.23. The van der Waals surface area contributed by atoms with Crippen LogP contribution in [0.3, 0.4) is 0 Å². The van der Waals surface area contributed by atoms with E-state index in [0.717, 1.165) is 29.5 Å². The molecule has 2 rings (SSSR count). The van der Waals surface area contributed by atoms with Crippen LogP contribution in [0.2, 0.25) is 0 Å². The van der Waals surface area contributed by atoms with Gasteiger partial charge in [-0.15, -0.1) is 13.2 Å². The highest BCUT2D eigenvalue weighted by molar-refractivity contribution is 8.17. The lowest BCUT2D eigenvalue weighted by molar-refractivity contribution is 0.544. The van der Waals surface area contributed by atoms with Gasteiger partial charge in [0, 0.05) is 11.4 Å². The summed E-state index contributed by atoms with van der Waals surface area (Å²) < 4.78 is 0. The van der Waals surface area contributed by atoms with Gasteiger partial charge in [-0.1, -0.05) is 60.8 Å². The van der Waals surface area contributed by atoms with Gasteiger partial charge in [-0.25, -0.2) is 4.99 Å². The predicted octanol–water partition coefficient (Wildman–Crippen LogP) is 4.28. The number of hydrogen-bond donors (Lipinski definition) is 1. The monoisotopic (exact) mass is 284 g/mol. The van der Waals surface area contributed by atoms with Crippen molar-refractivity contribution in [3.05, 3.63) is 72.7 Å². The highest BCUT2D eigenvalue weighted by Crippen LogP contribution is 2.42. The number of thioether (sulfide) groups is 1. The standard InChI is InChI=1S/C17H20N2S/c1-4-11-17(12-5-2)14(3)20-16(19-17)18-13-15-9-7-6-8-10-15/h4-10H,1-3,11-13H2,(H,18,19). The molecule has 0 spiro atoms. The smallest absolute Gasteiger partial charge is 0.162 e. The lowest BCUT2D eigenvalue weighted by atomic mass is 9.92. The third-order valence-corrected chi connectivity index (χ3v) is 4.36. The molecule has 0 saturated heterocycles. The first kappa shape index (κ1) is 14.7. The Morgan fingerprint density at radius 2 is 1.80 bits per heavy atom. The second kappa shape index (κ2) is 6.62. The third kappa shape index (κ3) is 3.23. The molecule has 20 heavy (non-hydrogen) atoms. The van der Waals surface area contributed by atoms with Gasteiger partial charge in [-0.2, -0.15) is 0 Å². The van der Waals surface area contributed by atoms with Crippen molar-refractivity contribution in [2.75, 3.05) is 0 Å². The maximum atomic E-state index is 4.82. The molecule has 1 N–H and O–H groups in total. The first-order valence-electron chi connectivity index (χ1n) is 6.67. The molecule has 1 aromatic rings. The summed E-state index contributed by atoms with van der Waals surface area (Å²) in [5, 5.41) is 4.32. The molecule has 0 fully saturated rings. The Balaban J connectivity index is 2.07. The molecule has 1 aromatic carbocycles. The van der Waals surface area contributed by atoms with Crippen LogP contribution in [0, 0.1) is 0 Å². The second-order valence-corrected chi connectivity index (χ2v) is 5.88. The Bertz CT molecular complexity index is 521. The van der Waals surface area contributed by atoms with E-state index in [1.807, 2.05) is 30.4 Å². The van der Waals surface area contributed by atoms with Gasteiger partial charge in [0.25, 0.3) is 0 Å². The van der Waals surface area contributed by atoms with E-state index in [2.05, 4.69) is 37.2 Å². The van der Waals surface area contributed by atoms with E-state index < -0.39 is 0 Å². The number of hydrogen-bond acceptors (Lipinski definition) is 3. The van der Waals surface area contributed by atoms with Crippen molar-refractivity contribution >= 4 is 16.9 Å². The van der Waals surface area contributed by atoms with Crippen molar-refractivity contribution in [2.45, 2.75) is 24.9 Å². The van der Waals surface area contributed by atoms with Gasteiger partial charge in [0.2, 0.25) is 0 Å². The molecule has 1 heterocycles. The number of nitrogens with zero attached hydrogens (tertiary/aromatic N) is 1. The lowest BCUT2D eigenvalue weighted by Crippen LogP contribution is -2.24. The van der Waals surface area contributed by atoms with Gasteiger partial charge in [-0.05, 0) is 18.4 Å². The second-order valence-electron chi connectivity index (χ2n) is 4.80. The molecule has 0 aliphatic carbocycles. The van der Waals surface area contributed by atoms with E-state index in [0.29, 0.717) is 0 Å². The molecule has 0 saturated carbocycles. The Morgan fingerprint density at radius 3 is 2.40 bits per heavy atom. The molecule has 3 heteroatoms. The molecule has 0 aromatic heterocycles. The Morgan fingerprint density at radius 1 is 1.15 bits per heavy atom. The van der Waals surface area contributed by atoms with Crippen LogP contribution >= 0.6 is 11.8 Å². The van der Waals surface area contributed by atoms with E-state index in [1.165, 1.54) is 5.56 Å². The summed E-state index contributed by atoms with van der Waals surface area (Å²) in [5.74, 6) is 0. The first-order valence-corrected chi connectivity index (χ1v) is 7.48. The van der Waals surface area contributed by atoms with E-state index in [-0.39, 0.29) is 5.54 Å². The minimum Gasteiger partial charge on any atom is -0.361 e. The summed E-state index contributed by atoms with van der Waals surface area (Å²) >= 11 is 1.62. The molecule has 104 valence electrons. The van der Waals surface area contributed by atoms with E-state index in [1.54, 1.807) is 11.8 Å². The number of aliphatic imine (C=N–C) groups is 1. The van der Waals surface area contributed by atoms with Crippen LogP contribution in [0.15, 0.2) is 72.1 Å². The summed E-state index contributed by atoms with van der Waals surface area (Å²) in [6.07, 6.45) is 5.39. The van der Waals surface area contributed by atoms with E-state index in [4.69, 9.17) is 4.99 Å². The fourth-order valence-corrected chi connectivity index (χ4v) is 3.22. The Kier molecular flexibility index (Phi) is 4.85. The maximum absolute atomic E-state index is 4.82. The van der Waals surface area contributed by atoms with Gasteiger partial charge in [0.05, 0.1) is 0 Å². The molecule has 1 aliphatic rings. The zero-order valence-corrected chi connectivity index (χ0v) is 12.5. The van der Waals surface area contributed by atoms with Crippen LogP contribution in [-0.4, -0.2) is 10.7 Å². The van der Waals surface area contributed by atoms with Crippen LogP contribution in [-0.2, 0) is 6.54 Å². The van der Waals surface area contributed by atoms with Crippen LogP contribution in [0.25, 0.3) is 0 Å². The molecular weight excluding hydrogens is 264 g/mol. The molecule has 0 amide bonds. The van der Waals surface area contributed by atoms with Crippen LogP contribution in [0.5, 0.6) is 0 Å². The average Bonchev–Trinajstić information content (AvgIpc) is 2.75. The van der Waals surface area contributed by atoms with Crippen LogP contribution in [0.1, 0.15) is 18.4 Å². The van der Waals surface area contributed by atoms with Crippen LogP contribution in [0.4, 0.5) is 0 Å². The number of nitrogens with one attached hydrogen (secondary N) is 1. The maximum Gasteiger partial charge on any atom is 0.162 e. The summed E-state index contributed by atoms with van der Waals surface area (Å²) in [4.78, 5) is 5.88. The van der Waals surface area contributed by atoms with Gasteiger partial charge in [-0.3, -0.25) is 0 Å². The molecule has 0 radical (unpaired) electrons. The fraction of sp³-hybridized carbons (Fsp3) is 0.235. The first-order chi connectivity index (χ1) is 9.70. The summed E-state index contributed by atoms with van der Waals surface area (Å²) in [5.41, 5.74) is 0.971. The highest BCUT2D eigenvalue weighted by atomic mass is 32.2. The average molecular weight is 284 g/mol. The quantitative estimate of drug-likeness (QED) is 0.788.